The minimum Gasteiger partial charge on any atom is -0.457 e. The van der Waals surface area contributed by atoms with Gasteiger partial charge in [0.2, 0.25) is 0 Å². The second-order valence-electron chi connectivity index (χ2n) is 5.75. The molecule has 1 amide bonds. The number of rotatable bonds is 6. The minimum atomic E-state index is -0.234. The second-order valence-corrected chi connectivity index (χ2v) is 6.70. The van der Waals surface area contributed by atoms with Crippen molar-refractivity contribution in [1.29, 1.82) is 0 Å². The molecule has 0 unspecified atom stereocenters. The zero-order valence-corrected chi connectivity index (χ0v) is 15.1. The zero-order chi connectivity index (χ0) is 18.5. The Morgan fingerprint density at radius 2 is 1.85 bits per heavy atom. The molecule has 1 N–H and O–H groups in total. The largest absolute Gasteiger partial charge is 0.457 e. The second kappa shape index (κ2) is 7.88. The molecule has 2 aromatic carbocycles. The van der Waals surface area contributed by atoms with E-state index in [9.17, 15) is 4.79 Å². The molecule has 0 radical (unpaired) electrons. The van der Waals surface area contributed by atoms with Crippen molar-refractivity contribution in [2.45, 2.75) is 6.54 Å². The lowest BCUT2D eigenvalue weighted by molar-refractivity contribution is 0.0948. The number of hydrogen-bond acceptors (Lipinski definition) is 5. The quantitative estimate of drug-likeness (QED) is 0.507. The summed E-state index contributed by atoms with van der Waals surface area (Å²) in [5, 5.41) is 8.85. The standard InChI is InChI=1S/C21H16N2O3S/c24-21(22-14-15-13-19(26-23-15)20-11-6-12-27-20)17-9-4-5-10-18(17)25-16-7-2-1-3-8-16/h1-13H,14H2,(H,22,24). The summed E-state index contributed by atoms with van der Waals surface area (Å²) < 4.78 is 11.2. The van der Waals surface area contributed by atoms with E-state index in [1.165, 1.54) is 0 Å². The Morgan fingerprint density at radius 1 is 1.04 bits per heavy atom. The van der Waals surface area contributed by atoms with Gasteiger partial charge < -0.3 is 14.6 Å². The highest BCUT2D eigenvalue weighted by atomic mass is 32.1. The van der Waals surface area contributed by atoms with Crippen LogP contribution in [-0.4, -0.2) is 11.1 Å². The van der Waals surface area contributed by atoms with Crippen LogP contribution in [-0.2, 0) is 6.54 Å². The monoisotopic (exact) mass is 376 g/mol. The van der Waals surface area contributed by atoms with Crippen LogP contribution in [0.25, 0.3) is 10.6 Å². The van der Waals surface area contributed by atoms with Crippen molar-refractivity contribution in [3.63, 3.8) is 0 Å². The number of hydrogen-bond donors (Lipinski definition) is 1. The van der Waals surface area contributed by atoms with Crippen LogP contribution in [0, 0.1) is 0 Å². The Morgan fingerprint density at radius 3 is 2.67 bits per heavy atom. The van der Waals surface area contributed by atoms with Gasteiger partial charge in [-0.25, -0.2) is 0 Å². The minimum absolute atomic E-state index is 0.234. The number of amides is 1. The first kappa shape index (κ1) is 17.1. The maximum absolute atomic E-state index is 12.6. The van der Waals surface area contributed by atoms with Crippen LogP contribution in [0.4, 0.5) is 0 Å². The van der Waals surface area contributed by atoms with Gasteiger partial charge in [0, 0.05) is 6.07 Å². The molecule has 4 aromatic rings. The highest BCUT2D eigenvalue weighted by molar-refractivity contribution is 7.13. The Hall–Kier alpha value is -3.38. The van der Waals surface area contributed by atoms with Gasteiger partial charge in [-0.2, -0.15) is 0 Å². The predicted molar refractivity (Wildman–Crippen MR) is 104 cm³/mol. The third kappa shape index (κ3) is 4.07. The fourth-order valence-electron chi connectivity index (χ4n) is 2.55. The van der Waals surface area contributed by atoms with E-state index in [-0.39, 0.29) is 12.5 Å². The van der Waals surface area contributed by atoms with E-state index in [0.717, 1.165) is 4.88 Å². The number of ether oxygens (including phenoxy) is 1. The van der Waals surface area contributed by atoms with E-state index in [4.69, 9.17) is 9.26 Å². The molecule has 2 aromatic heterocycles. The number of nitrogens with zero attached hydrogens (tertiary/aromatic N) is 1. The summed E-state index contributed by atoms with van der Waals surface area (Å²) in [6, 6.07) is 22.2. The number of benzene rings is 2. The van der Waals surface area contributed by atoms with Gasteiger partial charge in [-0.15, -0.1) is 11.3 Å². The smallest absolute Gasteiger partial charge is 0.255 e. The molecule has 0 bridgehead atoms. The van der Waals surface area contributed by atoms with Crippen LogP contribution in [0.2, 0.25) is 0 Å². The van der Waals surface area contributed by atoms with Crippen molar-refractivity contribution >= 4 is 17.2 Å². The van der Waals surface area contributed by atoms with Crippen molar-refractivity contribution in [3.8, 4) is 22.1 Å². The molecular weight excluding hydrogens is 360 g/mol. The molecular formula is C21H16N2O3S. The molecule has 0 saturated carbocycles. The van der Waals surface area contributed by atoms with Gasteiger partial charge in [-0.1, -0.05) is 41.6 Å². The normalized spacial score (nSPS) is 10.5. The number of carbonyl (C=O) groups is 1. The first-order valence-corrected chi connectivity index (χ1v) is 9.27. The van der Waals surface area contributed by atoms with Gasteiger partial charge in [-0.3, -0.25) is 4.79 Å². The number of carbonyl (C=O) groups excluding carboxylic acids is 1. The molecule has 0 aliphatic carbocycles. The Balaban J connectivity index is 1.44. The van der Waals surface area contributed by atoms with Crippen LogP contribution in [0.15, 0.2) is 82.7 Å². The van der Waals surface area contributed by atoms with E-state index < -0.39 is 0 Å². The van der Waals surface area contributed by atoms with Gasteiger partial charge in [0.25, 0.3) is 5.91 Å². The van der Waals surface area contributed by atoms with E-state index >= 15 is 0 Å². The van der Waals surface area contributed by atoms with E-state index in [0.29, 0.717) is 28.5 Å². The average molecular weight is 376 g/mol. The molecule has 5 nitrogen and oxygen atoms in total. The van der Waals surface area contributed by atoms with Crippen LogP contribution < -0.4 is 10.1 Å². The van der Waals surface area contributed by atoms with Gasteiger partial charge in [0.15, 0.2) is 5.76 Å². The highest BCUT2D eigenvalue weighted by Gasteiger charge is 2.14. The molecule has 0 aliphatic rings. The number of nitrogens with one attached hydrogen (secondary N) is 1. The molecule has 0 atom stereocenters. The molecule has 0 fully saturated rings. The number of thiophene rings is 1. The molecule has 0 aliphatic heterocycles. The lowest BCUT2D eigenvalue weighted by Gasteiger charge is -2.10. The first-order chi connectivity index (χ1) is 13.3. The third-order valence-electron chi connectivity index (χ3n) is 3.86. The van der Waals surface area contributed by atoms with Gasteiger partial charge >= 0.3 is 0 Å². The molecule has 0 saturated heterocycles. The molecule has 27 heavy (non-hydrogen) atoms. The Labute approximate surface area is 160 Å². The van der Waals surface area contributed by atoms with Crippen molar-refractivity contribution in [2.24, 2.45) is 0 Å². The van der Waals surface area contributed by atoms with Crippen LogP contribution in [0.3, 0.4) is 0 Å². The van der Waals surface area contributed by atoms with Gasteiger partial charge in [0.05, 0.1) is 17.0 Å². The van der Waals surface area contributed by atoms with Crippen LogP contribution in [0.1, 0.15) is 16.1 Å². The lowest BCUT2D eigenvalue weighted by atomic mass is 10.2. The van der Waals surface area contributed by atoms with Crippen molar-refractivity contribution in [3.05, 3.63) is 89.4 Å². The summed E-state index contributed by atoms with van der Waals surface area (Å²) in [4.78, 5) is 13.6. The fraction of sp³-hybridized carbons (Fsp3) is 0.0476. The van der Waals surface area contributed by atoms with Crippen molar-refractivity contribution in [1.82, 2.24) is 10.5 Å². The number of para-hydroxylation sites is 2. The van der Waals surface area contributed by atoms with E-state index in [1.54, 1.807) is 29.5 Å². The summed E-state index contributed by atoms with van der Waals surface area (Å²) in [7, 11) is 0. The fourth-order valence-corrected chi connectivity index (χ4v) is 3.23. The number of aromatic nitrogens is 1. The summed E-state index contributed by atoms with van der Waals surface area (Å²) in [6.07, 6.45) is 0. The summed E-state index contributed by atoms with van der Waals surface area (Å²) in [5.41, 5.74) is 1.12. The predicted octanol–water partition coefficient (Wildman–Crippen LogP) is 5.13. The SMILES string of the molecule is O=C(NCc1cc(-c2cccs2)on1)c1ccccc1Oc1ccccc1. The van der Waals surface area contributed by atoms with Crippen LogP contribution in [0.5, 0.6) is 11.5 Å². The maximum atomic E-state index is 12.6. The molecule has 0 spiro atoms. The molecule has 2 heterocycles. The van der Waals surface area contributed by atoms with Gasteiger partial charge in [-0.05, 0) is 35.7 Å². The van der Waals surface area contributed by atoms with Crippen molar-refractivity contribution in [2.75, 3.05) is 0 Å². The molecule has 4 rings (SSSR count). The first-order valence-electron chi connectivity index (χ1n) is 8.39. The Bertz CT molecular complexity index is 1030. The maximum Gasteiger partial charge on any atom is 0.255 e. The molecule has 134 valence electrons. The summed E-state index contributed by atoms with van der Waals surface area (Å²) >= 11 is 1.58. The van der Waals surface area contributed by atoms with Crippen LogP contribution >= 0.6 is 11.3 Å². The van der Waals surface area contributed by atoms with Gasteiger partial charge in [0.1, 0.15) is 17.2 Å². The average Bonchev–Trinajstić information content (AvgIpc) is 3.39. The zero-order valence-electron chi connectivity index (χ0n) is 14.3. The topological polar surface area (TPSA) is 64.4 Å². The molecule has 6 heteroatoms. The van der Waals surface area contributed by atoms with E-state index in [2.05, 4.69) is 10.5 Å². The van der Waals surface area contributed by atoms with Crippen molar-refractivity contribution < 1.29 is 14.1 Å². The summed E-state index contributed by atoms with van der Waals surface area (Å²) in [5.74, 6) is 1.64. The Kier molecular flexibility index (Phi) is 4.98. The summed E-state index contributed by atoms with van der Waals surface area (Å²) in [6.45, 7) is 0.271. The third-order valence-corrected chi connectivity index (χ3v) is 4.74. The lowest BCUT2D eigenvalue weighted by Crippen LogP contribution is -2.23. The highest BCUT2D eigenvalue weighted by Crippen LogP contribution is 2.26. The van der Waals surface area contributed by atoms with E-state index in [1.807, 2.05) is 60.0 Å².